The monoisotopic (exact) mass is 294 g/mol. The van der Waals surface area contributed by atoms with Gasteiger partial charge in [0, 0.05) is 0 Å². The molecule has 1 nitrogen and oxygen atoms in total. The predicted molar refractivity (Wildman–Crippen MR) is 91.3 cm³/mol. The first-order valence-corrected chi connectivity index (χ1v) is 9.36. The number of hydrogen-bond donors (Lipinski definition) is 1. The summed E-state index contributed by atoms with van der Waals surface area (Å²) in [4.78, 5) is 0. The van der Waals surface area contributed by atoms with Crippen molar-refractivity contribution in [2.24, 2.45) is 28.6 Å². The van der Waals surface area contributed by atoms with E-state index in [1.165, 1.54) is 44.9 Å². The highest BCUT2D eigenvalue weighted by Gasteiger charge is 2.57. The van der Waals surface area contributed by atoms with E-state index in [9.17, 15) is 5.11 Å². The molecular weight excluding hydrogens is 256 g/mol. The zero-order chi connectivity index (χ0) is 15.9. The summed E-state index contributed by atoms with van der Waals surface area (Å²) in [5.41, 5.74) is 0.348. The molecule has 0 aromatic rings. The number of fused-ring (bicyclic) bond motifs is 1. The Morgan fingerprint density at radius 3 is 2.38 bits per heavy atom. The fraction of sp³-hybridized carbons (Fsp3) is 1.00. The minimum absolute atomic E-state index is 0.344. The van der Waals surface area contributed by atoms with Gasteiger partial charge in [-0.15, -0.1) is 0 Å². The van der Waals surface area contributed by atoms with E-state index < -0.39 is 5.60 Å². The maximum atomic E-state index is 11.1. The van der Waals surface area contributed by atoms with Crippen LogP contribution in [0.25, 0.3) is 0 Å². The molecule has 0 spiro atoms. The molecule has 21 heavy (non-hydrogen) atoms. The Balaban J connectivity index is 2.24. The van der Waals surface area contributed by atoms with E-state index in [-0.39, 0.29) is 0 Å². The fourth-order valence-electron chi connectivity index (χ4n) is 5.92. The lowest BCUT2D eigenvalue weighted by molar-refractivity contribution is -0.170. The molecule has 0 amide bonds. The summed E-state index contributed by atoms with van der Waals surface area (Å²) in [5, 5.41) is 11.1. The summed E-state index contributed by atoms with van der Waals surface area (Å²) in [6.45, 7) is 14.2. The summed E-state index contributed by atoms with van der Waals surface area (Å²) >= 11 is 0. The highest BCUT2D eigenvalue weighted by Crippen LogP contribution is 2.62. The van der Waals surface area contributed by atoms with Gasteiger partial charge >= 0.3 is 0 Å². The highest BCUT2D eigenvalue weighted by molar-refractivity contribution is 5.07. The van der Waals surface area contributed by atoms with Crippen LogP contribution in [0.1, 0.15) is 92.9 Å². The van der Waals surface area contributed by atoms with Crippen LogP contribution in [-0.2, 0) is 0 Å². The fourth-order valence-corrected chi connectivity index (χ4v) is 5.92. The standard InChI is InChI=1S/C20H38O/c1-7-15(2)9-10-17-19(5)13-8-12-18(3,4)16(19)11-14-20(17,6)21/h15-17,21H,7-14H2,1-6H3. The molecule has 2 rings (SSSR count). The molecule has 0 aromatic heterocycles. The van der Waals surface area contributed by atoms with Crippen LogP contribution in [0.15, 0.2) is 0 Å². The molecule has 0 heterocycles. The van der Waals surface area contributed by atoms with Gasteiger partial charge in [0.25, 0.3) is 0 Å². The summed E-state index contributed by atoms with van der Waals surface area (Å²) in [7, 11) is 0. The van der Waals surface area contributed by atoms with E-state index in [0.29, 0.717) is 16.7 Å². The lowest BCUT2D eigenvalue weighted by Crippen LogP contribution is -2.57. The molecule has 2 fully saturated rings. The molecule has 0 aromatic carbocycles. The summed E-state index contributed by atoms with van der Waals surface area (Å²) in [6.07, 6.45) is 10.0. The molecule has 0 radical (unpaired) electrons. The van der Waals surface area contributed by atoms with Crippen LogP contribution in [0.5, 0.6) is 0 Å². The third-order valence-electron chi connectivity index (χ3n) is 7.41. The number of hydrogen-bond acceptors (Lipinski definition) is 1. The highest BCUT2D eigenvalue weighted by atomic mass is 16.3. The van der Waals surface area contributed by atoms with E-state index >= 15 is 0 Å². The van der Waals surface area contributed by atoms with Gasteiger partial charge < -0.3 is 5.11 Å². The molecule has 5 atom stereocenters. The van der Waals surface area contributed by atoms with Crippen molar-refractivity contribution in [2.45, 2.75) is 98.5 Å². The van der Waals surface area contributed by atoms with Crippen molar-refractivity contribution in [2.75, 3.05) is 0 Å². The van der Waals surface area contributed by atoms with E-state index in [1.807, 2.05) is 0 Å². The van der Waals surface area contributed by atoms with E-state index in [0.717, 1.165) is 18.3 Å². The maximum absolute atomic E-state index is 11.1. The molecule has 0 aliphatic heterocycles. The van der Waals surface area contributed by atoms with Crippen molar-refractivity contribution in [1.29, 1.82) is 0 Å². The quantitative estimate of drug-likeness (QED) is 0.694. The SMILES string of the molecule is CCC(C)CCC1C(C)(O)CCC2C(C)(C)CCCC21C. The summed E-state index contributed by atoms with van der Waals surface area (Å²) in [5.74, 6) is 2.07. The van der Waals surface area contributed by atoms with Gasteiger partial charge in [-0.05, 0) is 67.6 Å². The first-order valence-electron chi connectivity index (χ1n) is 9.36. The lowest BCUT2D eigenvalue weighted by atomic mass is 9.45. The molecular formula is C20H38O. The first-order chi connectivity index (χ1) is 9.63. The third-order valence-corrected chi connectivity index (χ3v) is 7.41. The smallest absolute Gasteiger partial charge is 0.0653 e. The largest absolute Gasteiger partial charge is 0.390 e. The van der Waals surface area contributed by atoms with Gasteiger partial charge in [-0.3, -0.25) is 0 Å². The average molecular weight is 295 g/mol. The zero-order valence-electron chi connectivity index (χ0n) is 15.3. The minimum atomic E-state index is -0.452. The summed E-state index contributed by atoms with van der Waals surface area (Å²) < 4.78 is 0. The molecule has 2 aliphatic carbocycles. The van der Waals surface area contributed by atoms with Gasteiger partial charge in [-0.25, -0.2) is 0 Å². The second kappa shape index (κ2) is 5.87. The van der Waals surface area contributed by atoms with Gasteiger partial charge in [0.2, 0.25) is 0 Å². The Morgan fingerprint density at radius 1 is 1.10 bits per heavy atom. The van der Waals surface area contributed by atoms with Gasteiger partial charge in [0.05, 0.1) is 5.60 Å². The normalized spacial score (nSPS) is 44.1. The second-order valence-electron chi connectivity index (χ2n) is 9.44. The number of rotatable bonds is 4. The third kappa shape index (κ3) is 3.19. The molecule has 1 N–H and O–H groups in total. The first kappa shape index (κ1) is 17.3. The Hall–Kier alpha value is -0.0400. The molecule has 124 valence electrons. The summed E-state index contributed by atoms with van der Waals surface area (Å²) in [6, 6.07) is 0. The molecule has 1 heteroatoms. The van der Waals surface area contributed by atoms with Crippen molar-refractivity contribution in [3.8, 4) is 0 Å². The Labute approximate surface area is 132 Å². The van der Waals surface area contributed by atoms with Crippen LogP contribution in [0.3, 0.4) is 0 Å². The van der Waals surface area contributed by atoms with Crippen LogP contribution in [0.4, 0.5) is 0 Å². The topological polar surface area (TPSA) is 20.2 Å². The number of aliphatic hydroxyl groups is 1. The average Bonchev–Trinajstić information content (AvgIpc) is 2.35. The molecule has 0 bridgehead atoms. The van der Waals surface area contributed by atoms with Crippen molar-refractivity contribution in [3.63, 3.8) is 0 Å². The second-order valence-corrected chi connectivity index (χ2v) is 9.44. The van der Waals surface area contributed by atoms with E-state index in [1.54, 1.807) is 0 Å². The van der Waals surface area contributed by atoms with Crippen LogP contribution in [-0.4, -0.2) is 10.7 Å². The Kier molecular flexibility index (Phi) is 4.84. The van der Waals surface area contributed by atoms with E-state index in [4.69, 9.17) is 0 Å². The van der Waals surface area contributed by atoms with Gasteiger partial charge in [0.15, 0.2) is 0 Å². The van der Waals surface area contributed by atoms with Crippen LogP contribution >= 0.6 is 0 Å². The lowest BCUT2D eigenvalue weighted by Gasteiger charge is -2.61. The Bertz CT molecular complexity index is 357. The molecule has 0 saturated heterocycles. The van der Waals surface area contributed by atoms with Gasteiger partial charge in [0.1, 0.15) is 0 Å². The molecule has 2 saturated carbocycles. The van der Waals surface area contributed by atoms with E-state index in [2.05, 4.69) is 41.5 Å². The van der Waals surface area contributed by atoms with Crippen LogP contribution in [0.2, 0.25) is 0 Å². The minimum Gasteiger partial charge on any atom is -0.390 e. The van der Waals surface area contributed by atoms with Crippen LogP contribution in [0, 0.1) is 28.6 Å². The Morgan fingerprint density at radius 2 is 1.76 bits per heavy atom. The predicted octanol–water partition coefficient (Wildman–Crippen LogP) is 5.81. The molecule has 5 unspecified atom stereocenters. The van der Waals surface area contributed by atoms with Crippen molar-refractivity contribution >= 4 is 0 Å². The van der Waals surface area contributed by atoms with Gasteiger partial charge in [-0.2, -0.15) is 0 Å². The van der Waals surface area contributed by atoms with Crippen molar-refractivity contribution in [3.05, 3.63) is 0 Å². The molecule has 2 aliphatic rings. The van der Waals surface area contributed by atoms with Crippen molar-refractivity contribution in [1.82, 2.24) is 0 Å². The van der Waals surface area contributed by atoms with Crippen LogP contribution < -0.4 is 0 Å². The van der Waals surface area contributed by atoms with Gasteiger partial charge in [-0.1, -0.05) is 53.9 Å². The maximum Gasteiger partial charge on any atom is 0.0653 e. The van der Waals surface area contributed by atoms with Crippen molar-refractivity contribution < 1.29 is 5.11 Å². The zero-order valence-corrected chi connectivity index (χ0v) is 15.3.